The first-order chi connectivity index (χ1) is 14.5. The van der Waals surface area contributed by atoms with Crippen LogP contribution < -0.4 is 5.32 Å². The minimum atomic E-state index is -0.998. The van der Waals surface area contributed by atoms with Gasteiger partial charge in [0.15, 0.2) is 0 Å². The normalized spacial score (nSPS) is 21.4. The molecular formula is C25H29NO4. The molecule has 0 bridgehead atoms. The van der Waals surface area contributed by atoms with E-state index in [1.807, 2.05) is 24.3 Å². The minimum absolute atomic E-state index is 0.0359. The number of hydrogen-bond acceptors (Lipinski definition) is 3. The molecule has 2 aromatic carbocycles. The lowest BCUT2D eigenvalue weighted by atomic mass is 9.80. The molecule has 1 amide bonds. The van der Waals surface area contributed by atoms with Gasteiger partial charge in [0.25, 0.3) is 0 Å². The van der Waals surface area contributed by atoms with Crippen LogP contribution in [0.5, 0.6) is 0 Å². The molecule has 2 aliphatic carbocycles. The van der Waals surface area contributed by atoms with Gasteiger partial charge in [0.1, 0.15) is 12.6 Å². The smallest absolute Gasteiger partial charge is 0.407 e. The average Bonchev–Trinajstić information content (AvgIpc) is 3.07. The number of fused-ring (bicyclic) bond motifs is 3. The van der Waals surface area contributed by atoms with E-state index in [4.69, 9.17) is 4.74 Å². The topological polar surface area (TPSA) is 75.6 Å². The van der Waals surface area contributed by atoms with Crippen LogP contribution in [0.4, 0.5) is 4.79 Å². The number of aliphatic carboxylic acids is 1. The van der Waals surface area contributed by atoms with E-state index < -0.39 is 18.1 Å². The lowest BCUT2D eigenvalue weighted by molar-refractivity contribution is -0.139. The second-order valence-corrected chi connectivity index (χ2v) is 8.72. The molecule has 1 unspecified atom stereocenters. The summed E-state index contributed by atoms with van der Waals surface area (Å²) in [5, 5.41) is 12.2. The van der Waals surface area contributed by atoms with Gasteiger partial charge in [0.2, 0.25) is 0 Å². The summed E-state index contributed by atoms with van der Waals surface area (Å²) in [4.78, 5) is 24.1. The van der Waals surface area contributed by atoms with Crippen LogP contribution in [0, 0.1) is 11.8 Å². The van der Waals surface area contributed by atoms with E-state index in [-0.39, 0.29) is 12.5 Å². The Bertz CT molecular complexity index is 871. The molecular weight excluding hydrogens is 378 g/mol. The number of hydrogen-bond donors (Lipinski definition) is 2. The van der Waals surface area contributed by atoms with Gasteiger partial charge in [-0.1, -0.05) is 81.1 Å². The molecule has 4 rings (SSSR count). The fourth-order valence-electron chi connectivity index (χ4n) is 4.90. The summed E-state index contributed by atoms with van der Waals surface area (Å²) in [6.07, 6.45) is 4.11. The van der Waals surface area contributed by atoms with Crippen LogP contribution in [0.2, 0.25) is 0 Å². The SMILES string of the molecule is CC1CCC(CC(NC(=O)OCC2c3ccccc3-c3ccccc32)C(=O)O)CC1. The van der Waals surface area contributed by atoms with Gasteiger partial charge in [-0.2, -0.15) is 0 Å². The van der Waals surface area contributed by atoms with Crippen molar-refractivity contribution in [2.24, 2.45) is 11.8 Å². The van der Waals surface area contributed by atoms with Crippen LogP contribution in [0.1, 0.15) is 56.1 Å². The minimum Gasteiger partial charge on any atom is -0.480 e. The van der Waals surface area contributed by atoms with Crippen molar-refractivity contribution >= 4 is 12.1 Å². The molecule has 0 heterocycles. The predicted molar refractivity (Wildman–Crippen MR) is 115 cm³/mol. The van der Waals surface area contributed by atoms with E-state index in [0.717, 1.165) is 47.9 Å². The first-order valence-corrected chi connectivity index (χ1v) is 10.9. The van der Waals surface area contributed by atoms with E-state index in [1.165, 1.54) is 0 Å². The summed E-state index contributed by atoms with van der Waals surface area (Å²) < 4.78 is 5.51. The van der Waals surface area contributed by atoms with Crippen LogP contribution in [-0.4, -0.2) is 29.8 Å². The Labute approximate surface area is 177 Å². The van der Waals surface area contributed by atoms with Crippen LogP contribution in [0.25, 0.3) is 11.1 Å². The largest absolute Gasteiger partial charge is 0.480 e. The number of ether oxygens (including phenoxy) is 1. The molecule has 2 aliphatic rings. The van der Waals surface area contributed by atoms with Crippen LogP contribution in [0.15, 0.2) is 48.5 Å². The Morgan fingerprint density at radius 1 is 1.00 bits per heavy atom. The van der Waals surface area contributed by atoms with Gasteiger partial charge in [0, 0.05) is 5.92 Å². The van der Waals surface area contributed by atoms with E-state index in [2.05, 4.69) is 36.5 Å². The standard InChI is InChI=1S/C25H29NO4/c1-16-10-12-17(13-11-16)14-23(24(27)28)26-25(29)30-15-22-20-8-4-2-6-18(20)19-7-3-5-9-21(19)22/h2-9,16-17,22-23H,10-15H2,1H3,(H,26,29)(H,27,28). The van der Waals surface area contributed by atoms with Gasteiger partial charge in [-0.3, -0.25) is 0 Å². The molecule has 0 radical (unpaired) electrons. The molecule has 30 heavy (non-hydrogen) atoms. The van der Waals surface area contributed by atoms with E-state index in [0.29, 0.717) is 18.3 Å². The molecule has 158 valence electrons. The Hall–Kier alpha value is -2.82. The number of carbonyl (C=O) groups excluding carboxylic acids is 1. The van der Waals surface area contributed by atoms with E-state index >= 15 is 0 Å². The molecule has 1 fully saturated rings. The zero-order valence-electron chi connectivity index (χ0n) is 17.3. The van der Waals surface area contributed by atoms with Gasteiger partial charge in [-0.05, 0) is 40.5 Å². The van der Waals surface area contributed by atoms with Crippen molar-refractivity contribution in [1.82, 2.24) is 5.32 Å². The second kappa shape index (κ2) is 8.90. The molecule has 5 nitrogen and oxygen atoms in total. The maximum atomic E-state index is 12.4. The number of carboxylic acid groups (broad SMARTS) is 1. The first kappa shape index (κ1) is 20.5. The highest BCUT2D eigenvalue weighted by Crippen LogP contribution is 2.44. The van der Waals surface area contributed by atoms with Crippen LogP contribution in [0.3, 0.4) is 0 Å². The Morgan fingerprint density at radius 3 is 2.13 bits per heavy atom. The lowest BCUT2D eigenvalue weighted by Gasteiger charge is -2.28. The van der Waals surface area contributed by atoms with Crippen LogP contribution >= 0.6 is 0 Å². The zero-order chi connectivity index (χ0) is 21.1. The summed E-state index contributed by atoms with van der Waals surface area (Å²) in [6, 6.07) is 15.4. The predicted octanol–water partition coefficient (Wildman–Crippen LogP) is 5.19. The van der Waals surface area contributed by atoms with Gasteiger partial charge >= 0.3 is 12.1 Å². The van der Waals surface area contributed by atoms with Gasteiger partial charge in [-0.15, -0.1) is 0 Å². The number of amides is 1. The first-order valence-electron chi connectivity index (χ1n) is 10.9. The molecule has 0 aromatic heterocycles. The zero-order valence-corrected chi connectivity index (χ0v) is 17.3. The molecule has 2 aromatic rings. The summed E-state index contributed by atoms with van der Waals surface area (Å²) in [6.45, 7) is 2.42. The van der Waals surface area contributed by atoms with E-state index in [9.17, 15) is 14.7 Å². The fraction of sp³-hybridized carbons (Fsp3) is 0.440. The van der Waals surface area contributed by atoms with E-state index in [1.54, 1.807) is 0 Å². The number of carboxylic acids is 1. The van der Waals surface area contributed by atoms with Crippen molar-refractivity contribution in [3.63, 3.8) is 0 Å². The monoisotopic (exact) mass is 407 g/mol. The number of carbonyl (C=O) groups is 2. The quantitative estimate of drug-likeness (QED) is 0.691. The Morgan fingerprint density at radius 2 is 1.57 bits per heavy atom. The molecule has 1 saturated carbocycles. The summed E-state index contributed by atoms with van der Waals surface area (Å²) in [7, 11) is 0. The second-order valence-electron chi connectivity index (χ2n) is 8.72. The van der Waals surface area contributed by atoms with Gasteiger partial charge in [-0.25, -0.2) is 9.59 Å². The Balaban J connectivity index is 1.37. The van der Waals surface area contributed by atoms with Crippen molar-refractivity contribution in [3.8, 4) is 11.1 Å². The average molecular weight is 408 g/mol. The third kappa shape index (κ3) is 4.35. The van der Waals surface area contributed by atoms with Crippen molar-refractivity contribution in [2.45, 2.75) is 51.0 Å². The number of alkyl carbamates (subject to hydrolysis) is 1. The highest BCUT2D eigenvalue weighted by molar-refractivity contribution is 5.81. The highest BCUT2D eigenvalue weighted by atomic mass is 16.5. The molecule has 1 atom stereocenters. The maximum Gasteiger partial charge on any atom is 0.407 e. The maximum absolute atomic E-state index is 12.4. The van der Waals surface area contributed by atoms with Crippen molar-refractivity contribution in [1.29, 1.82) is 0 Å². The Kier molecular flexibility index (Phi) is 6.07. The summed E-state index contributed by atoms with van der Waals surface area (Å²) in [5.74, 6) is 0.0178. The van der Waals surface area contributed by atoms with Crippen molar-refractivity contribution < 1.29 is 19.4 Å². The van der Waals surface area contributed by atoms with Gasteiger partial charge in [0.05, 0.1) is 0 Å². The third-order valence-electron chi connectivity index (χ3n) is 6.64. The number of rotatable bonds is 6. The molecule has 2 N–H and O–H groups in total. The van der Waals surface area contributed by atoms with Gasteiger partial charge < -0.3 is 15.2 Å². The fourth-order valence-corrected chi connectivity index (χ4v) is 4.90. The highest BCUT2D eigenvalue weighted by Gasteiger charge is 2.31. The van der Waals surface area contributed by atoms with Crippen molar-refractivity contribution in [2.75, 3.05) is 6.61 Å². The molecule has 0 spiro atoms. The molecule has 0 aliphatic heterocycles. The molecule has 5 heteroatoms. The van der Waals surface area contributed by atoms with Crippen LogP contribution in [-0.2, 0) is 9.53 Å². The third-order valence-corrected chi connectivity index (χ3v) is 6.64. The summed E-state index contributed by atoms with van der Waals surface area (Å²) >= 11 is 0. The summed E-state index contributed by atoms with van der Waals surface area (Å²) in [5.41, 5.74) is 4.60. The lowest BCUT2D eigenvalue weighted by Crippen LogP contribution is -2.43. The molecule has 0 saturated heterocycles. The van der Waals surface area contributed by atoms with Crippen molar-refractivity contribution in [3.05, 3.63) is 59.7 Å². The number of nitrogens with one attached hydrogen (secondary N) is 1. The number of benzene rings is 2.